The Morgan fingerprint density at radius 3 is 2.72 bits per heavy atom. The molecule has 1 N–H and O–H groups in total. The third kappa shape index (κ3) is 3.80. The molecule has 29 heavy (non-hydrogen) atoms. The van der Waals surface area contributed by atoms with Gasteiger partial charge in [-0.15, -0.1) is 12.4 Å². The molecular weight excluding hydrogens is 384 g/mol. The van der Waals surface area contributed by atoms with E-state index >= 15 is 0 Å². The summed E-state index contributed by atoms with van der Waals surface area (Å²) in [5.74, 6) is 2.01. The van der Waals surface area contributed by atoms with E-state index in [1.807, 2.05) is 10.6 Å². The molecule has 0 bridgehead atoms. The summed E-state index contributed by atoms with van der Waals surface area (Å²) in [7, 11) is 1.70. The number of fused-ring (bicyclic) bond motifs is 2. The largest absolute Gasteiger partial charge is 0.497 e. The van der Waals surface area contributed by atoms with Gasteiger partial charge >= 0.3 is 0 Å². The maximum absolute atomic E-state index is 5.38. The molecular formula is C23H31ClN4O. The molecule has 0 saturated carbocycles. The van der Waals surface area contributed by atoms with Crippen LogP contribution in [0.3, 0.4) is 0 Å². The summed E-state index contributed by atoms with van der Waals surface area (Å²) in [5.41, 5.74) is 8.01. The Morgan fingerprint density at radius 1 is 1.24 bits per heavy atom. The van der Waals surface area contributed by atoms with Gasteiger partial charge in [0.1, 0.15) is 11.6 Å². The van der Waals surface area contributed by atoms with Gasteiger partial charge < -0.3 is 10.1 Å². The number of nitrogens with zero attached hydrogens (tertiary/aromatic N) is 3. The van der Waals surface area contributed by atoms with Gasteiger partial charge in [0.2, 0.25) is 0 Å². The molecule has 1 aliphatic rings. The average Bonchev–Trinajstić information content (AvgIpc) is 3.26. The van der Waals surface area contributed by atoms with E-state index in [0.717, 1.165) is 47.7 Å². The number of ether oxygens (including phenoxy) is 1. The second kappa shape index (κ2) is 8.62. The smallest absolute Gasteiger partial charge is 0.165 e. The number of rotatable bonds is 6. The van der Waals surface area contributed by atoms with Gasteiger partial charge in [0.15, 0.2) is 5.65 Å². The second-order valence-electron chi connectivity index (χ2n) is 7.95. The quantitative estimate of drug-likeness (QED) is 0.575. The van der Waals surface area contributed by atoms with Gasteiger partial charge in [-0.3, -0.25) is 0 Å². The van der Waals surface area contributed by atoms with Crippen molar-refractivity contribution in [1.82, 2.24) is 14.6 Å². The minimum absolute atomic E-state index is 0. The van der Waals surface area contributed by atoms with E-state index < -0.39 is 0 Å². The molecule has 0 amide bonds. The molecule has 0 fully saturated rings. The maximum Gasteiger partial charge on any atom is 0.165 e. The number of methoxy groups -OCH3 is 1. The third-order valence-corrected chi connectivity index (χ3v) is 5.77. The lowest BCUT2D eigenvalue weighted by Crippen LogP contribution is -2.19. The van der Waals surface area contributed by atoms with E-state index in [4.69, 9.17) is 14.8 Å². The predicted octanol–water partition coefficient (Wildman–Crippen LogP) is 5.53. The number of halogens is 1. The molecule has 1 atom stereocenters. The van der Waals surface area contributed by atoms with Crippen LogP contribution < -0.4 is 10.1 Å². The molecule has 156 valence electrons. The van der Waals surface area contributed by atoms with Crippen molar-refractivity contribution in [2.45, 2.75) is 65.8 Å². The van der Waals surface area contributed by atoms with Crippen LogP contribution in [0.25, 0.3) is 16.8 Å². The Hall–Kier alpha value is -2.27. The number of aromatic nitrogens is 3. The highest BCUT2D eigenvalue weighted by molar-refractivity contribution is 5.85. The van der Waals surface area contributed by atoms with Crippen molar-refractivity contribution >= 4 is 23.9 Å². The topological polar surface area (TPSA) is 51.5 Å². The average molecular weight is 415 g/mol. The van der Waals surface area contributed by atoms with Crippen molar-refractivity contribution in [2.75, 3.05) is 12.4 Å². The number of benzene rings is 1. The molecule has 0 saturated heterocycles. The van der Waals surface area contributed by atoms with Crippen LogP contribution in [0.1, 0.15) is 55.6 Å². The van der Waals surface area contributed by atoms with Gasteiger partial charge in [0, 0.05) is 22.9 Å². The SMILES string of the molecule is CCCC(C)Nc1c2c(nc3c(-c4ccc(OC)cc4C)c(C)nn13)CCC2.Cl. The van der Waals surface area contributed by atoms with Crippen LogP contribution in [-0.2, 0) is 12.8 Å². The highest BCUT2D eigenvalue weighted by Crippen LogP contribution is 2.36. The number of nitrogens with one attached hydrogen (secondary N) is 1. The van der Waals surface area contributed by atoms with E-state index in [-0.39, 0.29) is 12.4 Å². The van der Waals surface area contributed by atoms with Gasteiger partial charge in [-0.05, 0) is 69.7 Å². The van der Waals surface area contributed by atoms with E-state index in [9.17, 15) is 0 Å². The van der Waals surface area contributed by atoms with Crippen LogP contribution in [0.2, 0.25) is 0 Å². The molecule has 2 aromatic heterocycles. The highest BCUT2D eigenvalue weighted by Gasteiger charge is 2.25. The van der Waals surface area contributed by atoms with Crippen LogP contribution in [-0.4, -0.2) is 27.7 Å². The highest BCUT2D eigenvalue weighted by atomic mass is 35.5. The summed E-state index contributed by atoms with van der Waals surface area (Å²) in [6.45, 7) is 8.68. The van der Waals surface area contributed by atoms with E-state index in [1.165, 1.54) is 35.2 Å². The molecule has 0 radical (unpaired) electrons. The Balaban J connectivity index is 0.00000240. The summed E-state index contributed by atoms with van der Waals surface area (Å²) in [6.07, 6.45) is 5.60. The second-order valence-corrected chi connectivity index (χ2v) is 7.95. The Kier molecular flexibility index (Phi) is 6.37. The zero-order valence-corrected chi connectivity index (χ0v) is 18.8. The van der Waals surface area contributed by atoms with E-state index in [2.05, 4.69) is 45.1 Å². The standard InChI is InChI=1S/C23H30N4O.ClH/c1-6-8-15(3)24-22-19-9-7-10-20(19)25-23-21(16(4)26-27(22)23)18-12-11-17(28-5)13-14(18)2;/h11-13,15,24H,6-10H2,1-5H3;1H. The van der Waals surface area contributed by atoms with Crippen molar-refractivity contribution in [2.24, 2.45) is 0 Å². The van der Waals surface area contributed by atoms with Crippen LogP contribution in [0.15, 0.2) is 18.2 Å². The first-order valence-electron chi connectivity index (χ1n) is 10.4. The van der Waals surface area contributed by atoms with Gasteiger partial charge in [-0.2, -0.15) is 9.61 Å². The summed E-state index contributed by atoms with van der Waals surface area (Å²) >= 11 is 0. The summed E-state index contributed by atoms with van der Waals surface area (Å²) in [6, 6.07) is 6.63. The van der Waals surface area contributed by atoms with Gasteiger partial charge in [0.25, 0.3) is 0 Å². The minimum atomic E-state index is 0. The molecule has 3 aromatic rings. The summed E-state index contributed by atoms with van der Waals surface area (Å²) in [5, 5.41) is 8.68. The van der Waals surface area contributed by atoms with E-state index in [1.54, 1.807) is 7.11 Å². The lowest BCUT2D eigenvalue weighted by atomic mass is 10.0. The number of hydrogen-bond acceptors (Lipinski definition) is 4. The fourth-order valence-electron chi connectivity index (χ4n) is 4.38. The third-order valence-electron chi connectivity index (χ3n) is 5.77. The fraction of sp³-hybridized carbons (Fsp3) is 0.478. The van der Waals surface area contributed by atoms with Gasteiger partial charge in [-0.25, -0.2) is 4.98 Å². The molecule has 0 spiro atoms. The molecule has 2 heterocycles. The normalized spacial score (nSPS) is 13.8. The fourth-order valence-corrected chi connectivity index (χ4v) is 4.38. The Labute approximate surface area is 179 Å². The first kappa shape index (κ1) is 21.4. The molecule has 5 nitrogen and oxygen atoms in total. The molecule has 4 rings (SSSR count). The first-order valence-corrected chi connectivity index (χ1v) is 10.4. The lowest BCUT2D eigenvalue weighted by molar-refractivity contribution is 0.414. The number of anilines is 1. The predicted molar refractivity (Wildman–Crippen MR) is 122 cm³/mol. The summed E-state index contributed by atoms with van der Waals surface area (Å²) in [4.78, 5) is 5.08. The van der Waals surface area contributed by atoms with Crippen molar-refractivity contribution in [3.05, 3.63) is 40.7 Å². The van der Waals surface area contributed by atoms with Crippen LogP contribution in [0.4, 0.5) is 5.82 Å². The van der Waals surface area contributed by atoms with Crippen LogP contribution >= 0.6 is 12.4 Å². The zero-order valence-electron chi connectivity index (χ0n) is 18.0. The molecule has 0 aliphatic heterocycles. The van der Waals surface area contributed by atoms with Crippen molar-refractivity contribution in [3.63, 3.8) is 0 Å². The molecule has 1 aromatic carbocycles. The monoisotopic (exact) mass is 414 g/mol. The number of aryl methyl sites for hydroxylation is 3. The van der Waals surface area contributed by atoms with Gasteiger partial charge in [-0.1, -0.05) is 19.4 Å². The van der Waals surface area contributed by atoms with Gasteiger partial charge in [0.05, 0.1) is 12.8 Å². The van der Waals surface area contributed by atoms with Crippen molar-refractivity contribution < 1.29 is 4.74 Å². The Morgan fingerprint density at radius 2 is 2.03 bits per heavy atom. The Bertz CT molecular complexity index is 1030. The number of hydrogen-bond donors (Lipinski definition) is 1. The first-order chi connectivity index (χ1) is 13.5. The lowest BCUT2D eigenvalue weighted by Gasteiger charge is -2.18. The van der Waals surface area contributed by atoms with Crippen molar-refractivity contribution in [3.8, 4) is 16.9 Å². The summed E-state index contributed by atoms with van der Waals surface area (Å²) < 4.78 is 7.43. The molecule has 1 aliphatic carbocycles. The van der Waals surface area contributed by atoms with Crippen LogP contribution in [0, 0.1) is 13.8 Å². The van der Waals surface area contributed by atoms with E-state index in [0.29, 0.717) is 6.04 Å². The van der Waals surface area contributed by atoms with Crippen molar-refractivity contribution in [1.29, 1.82) is 0 Å². The van der Waals surface area contributed by atoms with Crippen LogP contribution in [0.5, 0.6) is 5.75 Å². The minimum Gasteiger partial charge on any atom is -0.497 e. The maximum atomic E-state index is 5.38. The molecule has 1 unspecified atom stereocenters. The molecule has 6 heteroatoms. The zero-order chi connectivity index (χ0) is 19.8.